The molecule has 0 atom stereocenters. The van der Waals surface area contributed by atoms with Crippen molar-refractivity contribution in [1.29, 1.82) is 0 Å². The summed E-state index contributed by atoms with van der Waals surface area (Å²) >= 11 is 0. The molecule has 2 aliphatic carbocycles. The number of allylic oxidation sites excluding steroid dienone is 3. The van der Waals surface area contributed by atoms with Crippen LogP contribution in [0.1, 0.15) is 37.8 Å². The third-order valence-electron chi connectivity index (χ3n) is 10.2. The Bertz CT molecular complexity index is 2370. The average molecular weight is 605 g/mol. The average Bonchev–Trinajstić information content (AvgIpc) is 3.58. The van der Waals surface area contributed by atoms with E-state index >= 15 is 0 Å². The molecule has 0 fully saturated rings. The summed E-state index contributed by atoms with van der Waals surface area (Å²) in [6.07, 6.45) is 9.09. The van der Waals surface area contributed by atoms with Gasteiger partial charge in [0, 0.05) is 38.9 Å². The molecule has 0 saturated carbocycles. The number of hydrogen-bond donors (Lipinski definition) is 0. The highest BCUT2D eigenvalue weighted by Gasteiger charge is 2.35. The molecular weight excluding hydrogens is 569 g/mol. The Hall–Kier alpha value is -5.60. The standard InChI is InChI=1S/C45H36N2/c1-45(2)41-19-11-9-17-37(41)38-27-26-36(30-42(38)45)46(33-13-5-3-6-14-33)35-24-21-31(22-25-35)32-23-28-44-40(29-32)39-18-10-12-20-43(39)47(44)34-15-7-4-8-16-34/h4-5,7-30H,3,6H2,1-2H3. The van der Waals surface area contributed by atoms with Gasteiger partial charge in [-0.3, -0.25) is 0 Å². The Balaban J connectivity index is 1.12. The van der Waals surface area contributed by atoms with Crippen molar-refractivity contribution in [2.75, 3.05) is 4.90 Å². The smallest absolute Gasteiger partial charge is 0.0541 e. The molecule has 226 valence electrons. The molecule has 7 aromatic rings. The first-order chi connectivity index (χ1) is 23.1. The van der Waals surface area contributed by atoms with Gasteiger partial charge in [-0.25, -0.2) is 0 Å². The Morgan fingerprint density at radius 2 is 1.26 bits per heavy atom. The van der Waals surface area contributed by atoms with Crippen LogP contribution in [0.5, 0.6) is 0 Å². The van der Waals surface area contributed by atoms with Crippen LogP contribution in [0.3, 0.4) is 0 Å². The fraction of sp³-hybridized carbons (Fsp3) is 0.111. The normalized spacial score (nSPS) is 14.6. The largest absolute Gasteiger partial charge is 0.311 e. The van der Waals surface area contributed by atoms with E-state index in [4.69, 9.17) is 0 Å². The second-order valence-corrected chi connectivity index (χ2v) is 13.3. The summed E-state index contributed by atoms with van der Waals surface area (Å²) in [5, 5.41) is 2.54. The third-order valence-corrected chi connectivity index (χ3v) is 10.2. The van der Waals surface area contributed by atoms with E-state index in [0.717, 1.165) is 12.8 Å². The number of aromatic nitrogens is 1. The summed E-state index contributed by atoms with van der Waals surface area (Å²) < 4.78 is 2.37. The molecule has 1 heterocycles. The molecule has 0 unspecified atom stereocenters. The van der Waals surface area contributed by atoms with Crippen LogP contribution in [0.25, 0.3) is 49.7 Å². The van der Waals surface area contributed by atoms with E-state index in [9.17, 15) is 0 Å². The molecule has 0 radical (unpaired) electrons. The van der Waals surface area contributed by atoms with Gasteiger partial charge < -0.3 is 9.47 Å². The summed E-state index contributed by atoms with van der Waals surface area (Å²) in [6, 6.07) is 51.3. The minimum absolute atomic E-state index is 0.0451. The van der Waals surface area contributed by atoms with Crippen LogP contribution in [0.4, 0.5) is 11.4 Å². The van der Waals surface area contributed by atoms with Crippen molar-refractivity contribution in [2.24, 2.45) is 0 Å². The number of hydrogen-bond acceptors (Lipinski definition) is 1. The van der Waals surface area contributed by atoms with E-state index in [2.05, 4.69) is 181 Å². The lowest BCUT2D eigenvalue weighted by Crippen LogP contribution is -2.19. The second kappa shape index (κ2) is 10.7. The lowest BCUT2D eigenvalue weighted by Gasteiger charge is -2.29. The lowest BCUT2D eigenvalue weighted by molar-refractivity contribution is 0.660. The van der Waals surface area contributed by atoms with Gasteiger partial charge in [-0.2, -0.15) is 0 Å². The van der Waals surface area contributed by atoms with Crippen molar-refractivity contribution in [1.82, 2.24) is 4.57 Å². The highest BCUT2D eigenvalue weighted by molar-refractivity contribution is 6.10. The van der Waals surface area contributed by atoms with Gasteiger partial charge in [-0.1, -0.05) is 111 Å². The van der Waals surface area contributed by atoms with E-state index in [1.807, 2.05) is 0 Å². The molecule has 0 saturated heterocycles. The molecule has 0 bridgehead atoms. The summed E-state index contributed by atoms with van der Waals surface area (Å²) in [5.74, 6) is 0. The van der Waals surface area contributed by atoms with Crippen molar-refractivity contribution in [3.8, 4) is 27.9 Å². The van der Waals surface area contributed by atoms with Crippen LogP contribution < -0.4 is 4.90 Å². The molecule has 2 nitrogen and oxygen atoms in total. The first-order valence-corrected chi connectivity index (χ1v) is 16.7. The summed E-state index contributed by atoms with van der Waals surface area (Å²) in [6.45, 7) is 4.71. The molecule has 9 rings (SSSR count). The summed E-state index contributed by atoms with van der Waals surface area (Å²) in [7, 11) is 0. The fourth-order valence-corrected chi connectivity index (χ4v) is 7.85. The van der Waals surface area contributed by atoms with Crippen LogP contribution in [0, 0.1) is 0 Å². The Labute approximate surface area is 276 Å². The molecule has 0 aliphatic heterocycles. The van der Waals surface area contributed by atoms with E-state index in [1.165, 1.54) is 77.9 Å². The highest BCUT2D eigenvalue weighted by atomic mass is 15.1. The van der Waals surface area contributed by atoms with Crippen molar-refractivity contribution < 1.29 is 0 Å². The van der Waals surface area contributed by atoms with Gasteiger partial charge in [0.1, 0.15) is 0 Å². The van der Waals surface area contributed by atoms with Gasteiger partial charge in [-0.15, -0.1) is 0 Å². The maximum Gasteiger partial charge on any atom is 0.0541 e. The van der Waals surface area contributed by atoms with E-state index in [-0.39, 0.29) is 5.41 Å². The van der Waals surface area contributed by atoms with E-state index in [0.29, 0.717) is 0 Å². The van der Waals surface area contributed by atoms with Gasteiger partial charge in [0.05, 0.1) is 11.0 Å². The monoisotopic (exact) mass is 604 g/mol. The predicted octanol–water partition coefficient (Wildman–Crippen LogP) is 12.1. The predicted molar refractivity (Wildman–Crippen MR) is 199 cm³/mol. The lowest BCUT2D eigenvalue weighted by atomic mass is 9.82. The molecule has 0 N–H and O–H groups in total. The topological polar surface area (TPSA) is 8.17 Å². The molecule has 0 spiro atoms. The number of rotatable bonds is 5. The Morgan fingerprint density at radius 3 is 2.09 bits per heavy atom. The maximum atomic E-state index is 2.43. The molecular formula is C45H36N2. The number of nitrogens with zero attached hydrogens (tertiary/aromatic N) is 2. The first-order valence-electron chi connectivity index (χ1n) is 16.7. The Kier molecular flexibility index (Phi) is 6.33. The summed E-state index contributed by atoms with van der Waals surface area (Å²) in [4.78, 5) is 2.43. The Morgan fingerprint density at radius 1 is 0.553 bits per heavy atom. The van der Waals surface area contributed by atoms with Crippen LogP contribution in [-0.4, -0.2) is 4.57 Å². The van der Waals surface area contributed by atoms with Gasteiger partial charge in [-0.05, 0) is 107 Å². The minimum atomic E-state index is -0.0451. The van der Waals surface area contributed by atoms with E-state index < -0.39 is 0 Å². The van der Waals surface area contributed by atoms with Gasteiger partial charge in [0.25, 0.3) is 0 Å². The SMILES string of the molecule is CC1(C)c2ccccc2-c2ccc(N(C3=CCCC=C3)c3ccc(-c4ccc5c(c4)c4ccccc4n5-c4ccccc4)cc3)cc21. The highest BCUT2D eigenvalue weighted by Crippen LogP contribution is 2.50. The molecule has 1 aromatic heterocycles. The van der Waals surface area contributed by atoms with Crippen molar-refractivity contribution >= 4 is 33.2 Å². The molecule has 2 heteroatoms. The zero-order chi connectivity index (χ0) is 31.5. The van der Waals surface area contributed by atoms with Crippen LogP contribution in [-0.2, 0) is 5.41 Å². The van der Waals surface area contributed by atoms with Crippen molar-refractivity contribution in [3.05, 3.63) is 175 Å². The molecule has 2 aliphatic rings. The molecule has 47 heavy (non-hydrogen) atoms. The first kappa shape index (κ1) is 27.7. The molecule has 0 amide bonds. The van der Waals surface area contributed by atoms with Crippen LogP contribution in [0.2, 0.25) is 0 Å². The van der Waals surface area contributed by atoms with Gasteiger partial charge in [0.15, 0.2) is 0 Å². The van der Waals surface area contributed by atoms with Gasteiger partial charge in [0.2, 0.25) is 0 Å². The van der Waals surface area contributed by atoms with Crippen molar-refractivity contribution in [3.63, 3.8) is 0 Å². The van der Waals surface area contributed by atoms with Crippen LogP contribution >= 0.6 is 0 Å². The number of anilines is 2. The van der Waals surface area contributed by atoms with Crippen molar-refractivity contribution in [2.45, 2.75) is 32.1 Å². The number of para-hydroxylation sites is 2. The van der Waals surface area contributed by atoms with E-state index in [1.54, 1.807) is 0 Å². The third kappa shape index (κ3) is 4.40. The van der Waals surface area contributed by atoms with Gasteiger partial charge >= 0.3 is 0 Å². The quantitative estimate of drug-likeness (QED) is 0.190. The van der Waals surface area contributed by atoms with Crippen LogP contribution in [0.15, 0.2) is 163 Å². The fourth-order valence-electron chi connectivity index (χ4n) is 7.85. The maximum absolute atomic E-state index is 2.43. The molecule has 6 aromatic carbocycles. The number of fused-ring (bicyclic) bond motifs is 6. The number of benzene rings is 6. The summed E-state index contributed by atoms with van der Waals surface area (Å²) in [5.41, 5.74) is 15.1. The zero-order valence-electron chi connectivity index (χ0n) is 26.8. The minimum Gasteiger partial charge on any atom is -0.311 e. The zero-order valence-corrected chi connectivity index (χ0v) is 26.8. The second-order valence-electron chi connectivity index (χ2n) is 13.3.